The van der Waals surface area contributed by atoms with Gasteiger partial charge in [-0.1, -0.05) is 11.3 Å². The van der Waals surface area contributed by atoms with Crippen LogP contribution in [0.5, 0.6) is 11.5 Å². The highest BCUT2D eigenvalue weighted by molar-refractivity contribution is 7.22. The predicted octanol–water partition coefficient (Wildman–Crippen LogP) is 3.33. The molecule has 0 radical (unpaired) electrons. The van der Waals surface area contributed by atoms with Gasteiger partial charge in [-0.2, -0.15) is 0 Å². The standard InChI is InChI=1S/C30H32FN7O4S/c1-29(38(34)10-9-32)15-42-26-20(29)13-23(36-24(26)16-3-7-19(31)8-4-16)30(40,18-5-6-18)14-35-27(39)17-11-21(41-2)25-22(12-17)43-28(33)37-25/h3-4,7-13,18,40H,5-6,14-15,32,34H2,1-2H3,(H2,33,37)(H,35,39)/b10-9-/t29-,30+/m0/s1. The van der Waals surface area contributed by atoms with E-state index in [1.54, 1.807) is 30.3 Å². The number of hydrazine groups is 1. The summed E-state index contributed by atoms with van der Waals surface area (Å²) in [6.45, 7) is 1.97. The Bertz CT molecular complexity index is 1740. The number of amides is 1. The number of aromatic nitrogens is 2. The molecular weight excluding hydrogens is 573 g/mol. The summed E-state index contributed by atoms with van der Waals surface area (Å²) in [7, 11) is 1.50. The summed E-state index contributed by atoms with van der Waals surface area (Å²) < 4.78 is 26.1. The third-order valence-corrected chi connectivity index (χ3v) is 8.99. The van der Waals surface area contributed by atoms with Gasteiger partial charge in [0.1, 0.15) is 40.5 Å². The number of fused-ring (bicyclic) bond motifs is 2. The summed E-state index contributed by atoms with van der Waals surface area (Å²) in [5.74, 6) is 6.34. The smallest absolute Gasteiger partial charge is 0.251 e. The van der Waals surface area contributed by atoms with Crippen molar-refractivity contribution >= 4 is 32.6 Å². The molecule has 8 N–H and O–H groups in total. The molecule has 2 atom stereocenters. The van der Waals surface area contributed by atoms with Gasteiger partial charge >= 0.3 is 0 Å². The molecule has 224 valence electrons. The Morgan fingerprint density at radius 1 is 1.30 bits per heavy atom. The van der Waals surface area contributed by atoms with Crippen molar-refractivity contribution in [2.75, 3.05) is 26.0 Å². The number of hydrogen-bond donors (Lipinski definition) is 5. The molecule has 2 aromatic carbocycles. The van der Waals surface area contributed by atoms with E-state index < -0.39 is 22.9 Å². The summed E-state index contributed by atoms with van der Waals surface area (Å²) in [6, 6.07) is 11.0. The number of anilines is 1. The number of nitrogens with two attached hydrogens (primary N) is 3. The number of halogens is 1. The van der Waals surface area contributed by atoms with Crippen LogP contribution >= 0.6 is 11.3 Å². The number of nitrogens with one attached hydrogen (secondary N) is 1. The number of thiazole rings is 1. The van der Waals surface area contributed by atoms with Gasteiger partial charge < -0.3 is 36.4 Å². The van der Waals surface area contributed by atoms with Crippen molar-refractivity contribution in [1.29, 1.82) is 0 Å². The molecule has 43 heavy (non-hydrogen) atoms. The Balaban J connectivity index is 1.40. The summed E-state index contributed by atoms with van der Waals surface area (Å²) in [5, 5.41) is 17.0. The highest BCUT2D eigenvalue weighted by atomic mass is 32.1. The van der Waals surface area contributed by atoms with Gasteiger partial charge in [0, 0.05) is 29.1 Å². The molecule has 1 fully saturated rings. The van der Waals surface area contributed by atoms with Crippen LogP contribution in [0.2, 0.25) is 0 Å². The zero-order valence-corrected chi connectivity index (χ0v) is 24.5. The summed E-state index contributed by atoms with van der Waals surface area (Å²) in [5.41, 5.74) is 12.1. The third kappa shape index (κ3) is 4.98. The first-order valence-corrected chi connectivity index (χ1v) is 14.5. The van der Waals surface area contributed by atoms with Crippen molar-refractivity contribution in [1.82, 2.24) is 20.3 Å². The van der Waals surface area contributed by atoms with E-state index in [0.29, 0.717) is 54.9 Å². The first kappa shape index (κ1) is 28.6. The fourth-order valence-corrected chi connectivity index (χ4v) is 6.28. The number of methoxy groups -OCH3 is 1. The number of aliphatic hydroxyl groups is 1. The lowest BCUT2D eigenvalue weighted by molar-refractivity contribution is 0.00936. The van der Waals surface area contributed by atoms with Crippen LogP contribution in [0.4, 0.5) is 9.52 Å². The van der Waals surface area contributed by atoms with Crippen molar-refractivity contribution in [2.45, 2.75) is 30.9 Å². The van der Waals surface area contributed by atoms with Crippen LogP contribution in [-0.2, 0) is 11.1 Å². The average molecular weight is 606 g/mol. The number of benzene rings is 2. The van der Waals surface area contributed by atoms with E-state index in [9.17, 15) is 14.3 Å². The van der Waals surface area contributed by atoms with Crippen molar-refractivity contribution in [3.8, 4) is 22.8 Å². The van der Waals surface area contributed by atoms with Gasteiger partial charge in [-0.25, -0.2) is 20.2 Å². The van der Waals surface area contributed by atoms with Crippen LogP contribution in [0, 0.1) is 11.7 Å². The molecule has 11 nitrogen and oxygen atoms in total. The average Bonchev–Trinajstić information content (AvgIpc) is 3.71. The van der Waals surface area contributed by atoms with Crippen molar-refractivity contribution in [3.63, 3.8) is 0 Å². The topological polar surface area (TPSA) is 175 Å². The van der Waals surface area contributed by atoms with Gasteiger partial charge in [0.2, 0.25) is 0 Å². The summed E-state index contributed by atoms with van der Waals surface area (Å²) in [4.78, 5) is 22.6. The van der Waals surface area contributed by atoms with Gasteiger partial charge in [-0.05, 0) is 68.1 Å². The Hall–Kier alpha value is -4.46. The maximum Gasteiger partial charge on any atom is 0.251 e. The molecule has 0 unspecified atom stereocenters. The van der Waals surface area contributed by atoms with Crippen LogP contribution in [0.3, 0.4) is 0 Å². The van der Waals surface area contributed by atoms with Crippen LogP contribution in [0.1, 0.15) is 41.4 Å². The molecule has 0 spiro atoms. The summed E-state index contributed by atoms with van der Waals surface area (Å²) >= 11 is 1.25. The second kappa shape index (κ2) is 10.7. The molecule has 0 bridgehead atoms. The van der Waals surface area contributed by atoms with Crippen molar-refractivity contribution in [2.24, 2.45) is 17.5 Å². The lowest BCUT2D eigenvalue weighted by Gasteiger charge is -2.34. The molecule has 2 aliphatic rings. The first-order valence-electron chi connectivity index (χ1n) is 13.7. The van der Waals surface area contributed by atoms with E-state index in [0.717, 1.165) is 12.8 Å². The number of nitrogen functional groups attached to an aromatic ring is 1. The number of carbonyl (C=O) groups excluding carboxylic acids is 1. The maximum atomic E-state index is 13.8. The Kier molecular flexibility index (Phi) is 7.11. The Labute approximate surface area is 251 Å². The second-order valence-electron chi connectivity index (χ2n) is 11.0. The fraction of sp³-hybridized carbons (Fsp3) is 0.300. The van der Waals surface area contributed by atoms with Gasteiger partial charge in [0.15, 0.2) is 10.9 Å². The molecule has 13 heteroatoms. The van der Waals surface area contributed by atoms with E-state index >= 15 is 0 Å². The summed E-state index contributed by atoms with van der Waals surface area (Å²) in [6.07, 6.45) is 4.37. The quantitative estimate of drug-likeness (QED) is 0.141. The highest BCUT2D eigenvalue weighted by Crippen LogP contribution is 2.50. The van der Waals surface area contributed by atoms with E-state index in [-0.39, 0.29) is 19.1 Å². The highest BCUT2D eigenvalue weighted by Gasteiger charge is 2.49. The lowest BCUT2D eigenvalue weighted by atomic mass is 9.86. The number of rotatable bonds is 9. The molecular formula is C30H32FN7O4S. The minimum absolute atomic E-state index is 0.108. The van der Waals surface area contributed by atoms with E-state index in [4.69, 9.17) is 31.8 Å². The van der Waals surface area contributed by atoms with Gasteiger partial charge in [0.25, 0.3) is 5.91 Å². The Morgan fingerprint density at radius 3 is 2.72 bits per heavy atom. The molecule has 0 saturated heterocycles. The van der Waals surface area contributed by atoms with Crippen LogP contribution < -0.4 is 32.1 Å². The third-order valence-electron chi connectivity index (χ3n) is 8.16. The largest absolute Gasteiger partial charge is 0.494 e. The number of carbonyl (C=O) groups is 1. The lowest BCUT2D eigenvalue weighted by Crippen LogP contribution is -2.47. The predicted molar refractivity (Wildman–Crippen MR) is 161 cm³/mol. The van der Waals surface area contributed by atoms with Gasteiger partial charge in [-0.3, -0.25) is 4.79 Å². The number of pyridine rings is 1. The first-order chi connectivity index (χ1) is 20.6. The molecule has 1 amide bonds. The van der Waals surface area contributed by atoms with Gasteiger partial charge in [0.05, 0.1) is 24.0 Å². The van der Waals surface area contributed by atoms with Crippen LogP contribution in [-0.4, -0.2) is 46.3 Å². The molecule has 1 saturated carbocycles. The van der Waals surface area contributed by atoms with E-state index in [1.807, 2.05) is 6.92 Å². The zero-order chi connectivity index (χ0) is 30.5. The fourth-order valence-electron chi connectivity index (χ4n) is 5.49. The molecule has 1 aliphatic carbocycles. The van der Waals surface area contributed by atoms with Crippen LogP contribution in [0.15, 0.2) is 54.9 Å². The van der Waals surface area contributed by atoms with E-state index in [1.165, 1.54) is 48.0 Å². The van der Waals surface area contributed by atoms with Crippen LogP contribution in [0.25, 0.3) is 21.5 Å². The zero-order valence-electron chi connectivity index (χ0n) is 23.6. The normalized spacial score (nSPS) is 19.2. The molecule has 6 rings (SSSR count). The monoisotopic (exact) mass is 605 g/mol. The minimum Gasteiger partial charge on any atom is -0.494 e. The molecule has 2 aromatic heterocycles. The van der Waals surface area contributed by atoms with Crippen molar-refractivity contribution < 1.29 is 23.8 Å². The Morgan fingerprint density at radius 2 is 2.05 bits per heavy atom. The second-order valence-corrected chi connectivity index (χ2v) is 12.1. The van der Waals surface area contributed by atoms with E-state index in [2.05, 4.69) is 10.3 Å². The molecule has 4 aromatic rings. The number of hydrogen-bond acceptors (Lipinski definition) is 11. The molecule has 3 heterocycles. The number of nitrogens with zero attached hydrogens (tertiary/aromatic N) is 3. The van der Waals surface area contributed by atoms with Gasteiger partial charge in [-0.15, -0.1) is 0 Å². The maximum absolute atomic E-state index is 13.8. The molecule has 1 aliphatic heterocycles. The number of ether oxygens (including phenoxy) is 2. The minimum atomic E-state index is -1.52. The SMILES string of the molecule is COc1cc(C(=O)NC[C@](O)(c2cc3c(c(-c4ccc(F)cc4)n2)OC[C@]3(C)N(N)/C=C\N)C2CC2)cc2sc(N)nc12. The van der Waals surface area contributed by atoms with Crippen molar-refractivity contribution in [3.05, 3.63) is 77.5 Å².